The Morgan fingerprint density at radius 1 is 1.25 bits per heavy atom. The summed E-state index contributed by atoms with van der Waals surface area (Å²) in [7, 11) is 0. The zero-order chi connectivity index (χ0) is 13.5. The van der Waals surface area contributed by atoms with E-state index in [1.165, 1.54) is 5.56 Å². The molecule has 0 N–H and O–H groups in total. The Hall–Kier alpha value is -2.14. The molecule has 0 unspecified atom stereocenters. The minimum absolute atomic E-state index is 0.235. The van der Waals surface area contributed by atoms with Crippen LogP contribution in [0.4, 0.5) is 0 Å². The third-order valence-electron chi connectivity index (χ3n) is 3.62. The number of ether oxygens (including phenoxy) is 1. The van der Waals surface area contributed by atoms with E-state index in [0.717, 1.165) is 24.0 Å². The van der Waals surface area contributed by atoms with Gasteiger partial charge in [-0.2, -0.15) is 4.98 Å². The molecule has 1 aromatic carbocycles. The van der Waals surface area contributed by atoms with Gasteiger partial charge in [-0.25, -0.2) is 0 Å². The van der Waals surface area contributed by atoms with E-state index in [-0.39, 0.29) is 5.92 Å². The predicted octanol–water partition coefficient (Wildman–Crippen LogP) is 3.30. The summed E-state index contributed by atoms with van der Waals surface area (Å²) in [5.74, 6) is 1.98. The van der Waals surface area contributed by atoms with E-state index in [1.54, 1.807) is 0 Å². The predicted molar refractivity (Wildman–Crippen MR) is 72.4 cm³/mol. The summed E-state index contributed by atoms with van der Waals surface area (Å²) >= 11 is 0. The van der Waals surface area contributed by atoms with Crippen molar-refractivity contribution >= 4 is 11.0 Å². The minimum atomic E-state index is 0.235. The van der Waals surface area contributed by atoms with Crippen molar-refractivity contribution in [2.45, 2.75) is 19.3 Å². The third-order valence-corrected chi connectivity index (χ3v) is 3.62. The van der Waals surface area contributed by atoms with Crippen LogP contribution in [0.25, 0.3) is 22.6 Å². The van der Waals surface area contributed by atoms with E-state index in [1.807, 2.05) is 18.2 Å². The maximum Gasteiger partial charge on any atom is 0.293 e. The molecular weight excluding hydrogens is 256 g/mol. The number of fused-ring (bicyclic) bond motifs is 1. The van der Waals surface area contributed by atoms with Gasteiger partial charge in [-0.1, -0.05) is 16.8 Å². The number of rotatable bonds is 2. The van der Waals surface area contributed by atoms with Crippen LogP contribution in [0.5, 0.6) is 0 Å². The topological polar surface area (TPSA) is 61.3 Å². The number of furan rings is 1. The van der Waals surface area contributed by atoms with Gasteiger partial charge in [0.15, 0.2) is 11.6 Å². The van der Waals surface area contributed by atoms with Gasteiger partial charge in [-0.05, 0) is 31.5 Å². The zero-order valence-electron chi connectivity index (χ0n) is 11.1. The monoisotopic (exact) mass is 270 g/mol. The van der Waals surface area contributed by atoms with Gasteiger partial charge in [0, 0.05) is 17.9 Å². The van der Waals surface area contributed by atoms with E-state index in [9.17, 15) is 0 Å². The molecule has 1 fully saturated rings. The van der Waals surface area contributed by atoms with Crippen molar-refractivity contribution in [3.63, 3.8) is 0 Å². The van der Waals surface area contributed by atoms with Crippen LogP contribution in [0.3, 0.4) is 0 Å². The summed E-state index contributed by atoms with van der Waals surface area (Å²) in [6, 6.07) is 7.98. The largest absolute Gasteiger partial charge is 0.451 e. The first-order chi connectivity index (χ1) is 9.79. The number of hydrogen-bond acceptors (Lipinski definition) is 5. The highest BCUT2D eigenvalue weighted by molar-refractivity contribution is 5.82. The van der Waals surface area contributed by atoms with E-state index in [0.29, 0.717) is 24.1 Å². The zero-order valence-corrected chi connectivity index (χ0v) is 11.1. The molecule has 2 aromatic heterocycles. The lowest BCUT2D eigenvalue weighted by Gasteiger charge is -1.97. The quantitative estimate of drug-likeness (QED) is 0.715. The fraction of sp³-hybridized carbons (Fsp3) is 0.333. The van der Waals surface area contributed by atoms with Crippen molar-refractivity contribution in [2.24, 2.45) is 0 Å². The van der Waals surface area contributed by atoms with Gasteiger partial charge in [0.25, 0.3) is 5.89 Å². The Morgan fingerprint density at radius 2 is 2.20 bits per heavy atom. The van der Waals surface area contributed by atoms with Crippen molar-refractivity contribution in [2.75, 3.05) is 13.2 Å². The first kappa shape index (κ1) is 11.7. The lowest BCUT2D eigenvalue weighted by atomic mass is 10.1. The van der Waals surface area contributed by atoms with E-state index in [4.69, 9.17) is 13.7 Å². The van der Waals surface area contributed by atoms with Gasteiger partial charge < -0.3 is 13.7 Å². The summed E-state index contributed by atoms with van der Waals surface area (Å²) in [4.78, 5) is 4.43. The molecule has 1 aliphatic heterocycles. The van der Waals surface area contributed by atoms with Crippen LogP contribution in [0, 0.1) is 6.92 Å². The summed E-state index contributed by atoms with van der Waals surface area (Å²) in [5.41, 5.74) is 2.02. The van der Waals surface area contributed by atoms with Gasteiger partial charge >= 0.3 is 0 Å². The van der Waals surface area contributed by atoms with Gasteiger partial charge in [0.2, 0.25) is 0 Å². The average Bonchev–Trinajstić information content (AvgIpc) is 3.17. The summed E-state index contributed by atoms with van der Waals surface area (Å²) in [6.07, 6.45) is 0.943. The first-order valence-electron chi connectivity index (χ1n) is 6.71. The molecule has 1 aliphatic rings. The van der Waals surface area contributed by atoms with Crippen molar-refractivity contribution < 1.29 is 13.7 Å². The smallest absolute Gasteiger partial charge is 0.293 e. The van der Waals surface area contributed by atoms with Gasteiger partial charge in [0.1, 0.15) is 5.58 Å². The van der Waals surface area contributed by atoms with Crippen LogP contribution >= 0.6 is 0 Å². The van der Waals surface area contributed by atoms with Crippen LogP contribution in [0.2, 0.25) is 0 Å². The van der Waals surface area contributed by atoms with Gasteiger partial charge in [0.05, 0.1) is 6.61 Å². The van der Waals surface area contributed by atoms with Crippen molar-refractivity contribution in [1.82, 2.24) is 10.1 Å². The van der Waals surface area contributed by atoms with Crippen molar-refractivity contribution in [3.05, 3.63) is 35.7 Å². The normalized spacial score (nSPS) is 18.9. The second kappa shape index (κ2) is 4.45. The Balaban J connectivity index is 1.71. The SMILES string of the molecule is Cc1ccc2oc(-c3nc([C@@H]4CCOC4)no3)cc2c1. The molecule has 0 radical (unpaired) electrons. The Kier molecular flexibility index (Phi) is 2.60. The lowest BCUT2D eigenvalue weighted by Crippen LogP contribution is -1.99. The molecule has 0 spiro atoms. The fourth-order valence-electron chi connectivity index (χ4n) is 2.51. The molecule has 20 heavy (non-hydrogen) atoms. The second-order valence-corrected chi connectivity index (χ2v) is 5.17. The molecule has 1 saturated heterocycles. The van der Waals surface area contributed by atoms with Crippen molar-refractivity contribution in [3.8, 4) is 11.7 Å². The van der Waals surface area contributed by atoms with Crippen LogP contribution < -0.4 is 0 Å². The summed E-state index contributed by atoms with van der Waals surface area (Å²) in [6.45, 7) is 3.48. The highest BCUT2D eigenvalue weighted by Crippen LogP contribution is 2.29. The van der Waals surface area contributed by atoms with Crippen LogP contribution in [-0.4, -0.2) is 23.4 Å². The van der Waals surface area contributed by atoms with E-state index < -0.39 is 0 Å². The molecule has 4 rings (SSSR count). The van der Waals surface area contributed by atoms with E-state index >= 15 is 0 Å². The molecule has 3 heterocycles. The van der Waals surface area contributed by atoms with Gasteiger partial charge in [-0.15, -0.1) is 0 Å². The van der Waals surface area contributed by atoms with Gasteiger partial charge in [-0.3, -0.25) is 0 Å². The number of aromatic nitrogens is 2. The Labute approximate surface area is 115 Å². The van der Waals surface area contributed by atoms with Crippen molar-refractivity contribution in [1.29, 1.82) is 0 Å². The molecule has 102 valence electrons. The lowest BCUT2D eigenvalue weighted by molar-refractivity contribution is 0.192. The number of nitrogens with zero attached hydrogens (tertiary/aromatic N) is 2. The van der Waals surface area contributed by atoms with Crippen LogP contribution in [0.15, 0.2) is 33.2 Å². The molecule has 5 heteroatoms. The summed E-state index contributed by atoms with van der Waals surface area (Å²) in [5, 5.41) is 5.08. The van der Waals surface area contributed by atoms with Crippen LogP contribution in [-0.2, 0) is 4.74 Å². The van der Waals surface area contributed by atoms with E-state index in [2.05, 4.69) is 23.1 Å². The molecule has 3 aromatic rings. The highest BCUT2D eigenvalue weighted by Gasteiger charge is 2.24. The number of hydrogen-bond donors (Lipinski definition) is 0. The maximum absolute atomic E-state index is 5.76. The third kappa shape index (κ3) is 1.91. The molecule has 0 saturated carbocycles. The molecule has 5 nitrogen and oxygen atoms in total. The molecule has 0 amide bonds. The standard InChI is InChI=1S/C15H14N2O3/c1-9-2-3-12-11(6-9)7-13(19-12)15-16-14(17-20-15)10-4-5-18-8-10/h2-3,6-7,10H,4-5,8H2,1H3/t10-/m1/s1. The molecule has 0 bridgehead atoms. The second-order valence-electron chi connectivity index (χ2n) is 5.17. The minimum Gasteiger partial charge on any atom is -0.451 e. The fourth-order valence-corrected chi connectivity index (χ4v) is 2.51. The van der Waals surface area contributed by atoms with Crippen LogP contribution in [0.1, 0.15) is 23.7 Å². The molecule has 1 atom stereocenters. The molecule has 0 aliphatic carbocycles. The number of benzene rings is 1. The summed E-state index contributed by atoms with van der Waals surface area (Å²) < 4.78 is 16.4. The Morgan fingerprint density at radius 3 is 3.05 bits per heavy atom. The average molecular weight is 270 g/mol. The first-order valence-corrected chi connectivity index (χ1v) is 6.71. The number of aryl methyl sites for hydroxylation is 1. The molecular formula is C15H14N2O3. The maximum atomic E-state index is 5.76. The highest BCUT2D eigenvalue weighted by atomic mass is 16.5. The Bertz CT molecular complexity index is 753.